The van der Waals surface area contributed by atoms with Gasteiger partial charge in [0.15, 0.2) is 0 Å². The lowest BCUT2D eigenvalue weighted by Gasteiger charge is -2.13. The highest BCUT2D eigenvalue weighted by Gasteiger charge is 2.17. The molecule has 2 heterocycles. The minimum absolute atomic E-state index is 0.0183. The predicted molar refractivity (Wildman–Crippen MR) is 115 cm³/mol. The number of aromatic nitrogens is 2. The first-order valence-electron chi connectivity index (χ1n) is 9.45. The minimum atomic E-state index is -0.864. The fourth-order valence-corrected chi connectivity index (χ4v) is 4.39. The van der Waals surface area contributed by atoms with E-state index in [0.717, 1.165) is 16.7 Å². The van der Waals surface area contributed by atoms with Crippen LogP contribution in [-0.2, 0) is 17.8 Å². The maximum atomic E-state index is 13.5. The van der Waals surface area contributed by atoms with Crippen molar-refractivity contribution in [2.45, 2.75) is 25.8 Å². The Hall–Kier alpha value is -3.25. The van der Waals surface area contributed by atoms with Crippen LogP contribution in [0.1, 0.15) is 24.2 Å². The van der Waals surface area contributed by atoms with Gasteiger partial charge < -0.3 is 5.11 Å². The van der Waals surface area contributed by atoms with Gasteiger partial charge >= 0.3 is 5.97 Å². The molecule has 2 aromatic heterocycles. The van der Waals surface area contributed by atoms with Gasteiger partial charge in [-0.05, 0) is 17.5 Å². The summed E-state index contributed by atoms with van der Waals surface area (Å²) in [6.07, 6.45) is 0.928. The van der Waals surface area contributed by atoms with Gasteiger partial charge in [0.2, 0.25) is 0 Å². The Morgan fingerprint density at radius 2 is 1.72 bits per heavy atom. The number of hydrogen-bond acceptors (Lipinski definition) is 4. The van der Waals surface area contributed by atoms with E-state index in [9.17, 15) is 9.59 Å². The molecule has 146 valence electrons. The molecule has 6 heteroatoms. The number of aliphatic carboxylic acids is 1. The van der Waals surface area contributed by atoms with Crippen LogP contribution in [0.4, 0.5) is 0 Å². The molecule has 0 saturated carbocycles. The van der Waals surface area contributed by atoms with Crippen molar-refractivity contribution in [3.63, 3.8) is 0 Å². The molecule has 1 N–H and O–H groups in total. The average Bonchev–Trinajstić information content (AvgIpc) is 3.15. The van der Waals surface area contributed by atoms with Crippen molar-refractivity contribution < 1.29 is 9.90 Å². The van der Waals surface area contributed by atoms with Crippen LogP contribution in [0.3, 0.4) is 0 Å². The summed E-state index contributed by atoms with van der Waals surface area (Å²) < 4.78 is 1.65. The standard InChI is InChI=1S/C23H20N2O3S/c26-20(27)12-7-13-25-19(14-16-8-3-1-4-9-16)24-22-21(23(25)28)18(15-29-22)17-10-5-2-6-11-17/h1-6,8-11,15H,7,12-14H2,(H,26,27). The Morgan fingerprint density at radius 3 is 2.41 bits per heavy atom. The normalized spacial score (nSPS) is 11.0. The molecule has 0 aliphatic carbocycles. The second-order valence-corrected chi connectivity index (χ2v) is 7.70. The van der Waals surface area contributed by atoms with Crippen molar-refractivity contribution in [2.24, 2.45) is 0 Å². The first-order chi connectivity index (χ1) is 14.1. The molecule has 0 amide bonds. The third kappa shape index (κ3) is 4.12. The van der Waals surface area contributed by atoms with Crippen LogP contribution < -0.4 is 5.56 Å². The number of carboxylic acid groups (broad SMARTS) is 1. The number of nitrogens with zero attached hydrogens (tertiary/aromatic N) is 2. The first kappa shape index (κ1) is 19.1. The number of rotatable bonds is 7. The van der Waals surface area contributed by atoms with Crippen LogP contribution in [-0.4, -0.2) is 20.6 Å². The lowest BCUT2D eigenvalue weighted by Crippen LogP contribution is -2.26. The topological polar surface area (TPSA) is 72.2 Å². The summed E-state index contributed by atoms with van der Waals surface area (Å²) in [4.78, 5) is 29.9. The molecule has 0 radical (unpaired) electrons. The summed E-state index contributed by atoms with van der Waals surface area (Å²) in [5.74, 6) is -0.197. The van der Waals surface area contributed by atoms with Crippen molar-refractivity contribution in [3.8, 4) is 11.1 Å². The number of thiophene rings is 1. The molecule has 4 aromatic rings. The SMILES string of the molecule is O=C(O)CCCn1c(Cc2ccccc2)nc2scc(-c3ccccc3)c2c1=O. The Bertz CT molecular complexity index is 1200. The maximum absolute atomic E-state index is 13.5. The van der Waals surface area contributed by atoms with E-state index in [-0.39, 0.29) is 12.0 Å². The van der Waals surface area contributed by atoms with Gasteiger partial charge in [-0.15, -0.1) is 11.3 Å². The van der Waals surface area contributed by atoms with Crippen molar-refractivity contribution in [1.82, 2.24) is 9.55 Å². The second kappa shape index (κ2) is 8.41. The van der Waals surface area contributed by atoms with Crippen molar-refractivity contribution in [1.29, 1.82) is 0 Å². The summed E-state index contributed by atoms with van der Waals surface area (Å²) in [6, 6.07) is 19.7. The van der Waals surface area contributed by atoms with Crippen LogP contribution in [0.25, 0.3) is 21.3 Å². The molecule has 0 fully saturated rings. The van der Waals surface area contributed by atoms with Gasteiger partial charge in [-0.25, -0.2) is 4.98 Å². The van der Waals surface area contributed by atoms with Crippen LogP contribution in [0.15, 0.2) is 70.8 Å². The Balaban J connectivity index is 1.83. The van der Waals surface area contributed by atoms with Crippen LogP contribution in [0, 0.1) is 0 Å². The van der Waals surface area contributed by atoms with E-state index >= 15 is 0 Å². The van der Waals surface area contributed by atoms with Crippen molar-refractivity contribution >= 4 is 27.5 Å². The molecule has 0 unspecified atom stereocenters. The molecule has 0 atom stereocenters. The Kier molecular flexibility index (Phi) is 5.53. The summed E-state index contributed by atoms with van der Waals surface area (Å²) in [6.45, 7) is 0.334. The van der Waals surface area contributed by atoms with E-state index in [2.05, 4.69) is 0 Å². The van der Waals surface area contributed by atoms with Crippen LogP contribution in [0.2, 0.25) is 0 Å². The highest BCUT2D eigenvalue weighted by atomic mass is 32.1. The van der Waals surface area contributed by atoms with Gasteiger partial charge in [0.1, 0.15) is 10.7 Å². The zero-order valence-electron chi connectivity index (χ0n) is 15.7. The third-order valence-corrected chi connectivity index (χ3v) is 5.71. The van der Waals surface area contributed by atoms with Gasteiger partial charge in [-0.3, -0.25) is 14.2 Å². The number of carbonyl (C=O) groups is 1. The molecule has 0 aliphatic rings. The smallest absolute Gasteiger partial charge is 0.303 e. The zero-order chi connectivity index (χ0) is 20.2. The highest BCUT2D eigenvalue weighted by Crippen LogP contribution is 2.31. The molecule has 4 rings (SSSR count). The number of fused-ring (bicyclic) bond motifs is 1. The molecule has 5 nitrogen and oxygen atoms in total. The molecule has 29 heavy (non-hydrogen) atoms. The largest absolute Gasteiger partial charge is 0.481 e. The Morgan fingerprint density at radius 1 is 1.03 bits per heavy atom. The van der Waals surface area contributed by atoms with E-state index in [1.165, 1.54) is 11.3 Å². The van der Waals surface area contributed by atoms with E-state index < -0.39 is 5.97 Å². The second-order valence-electron chi connectivity index (χ2n) is 6.84. The summed E-state index contributed by atoms with van der Waals surface area (Å²) in [5, 5.41) is 11.6. The summed E-state index contributed by atoms with van der Waals surface area (Å²) in [7, 11) is 0. The summed E-state index contributed by atoms with van der Waals surface area (Å²) >= 11 is 1.47. The molecular weight excluding hydrogens is 384 g/mol. The number of hydrogen-bond donors (Lipinski definition) is 1. The minimum Gasteiger partial charge on any atom is -0.481 e. The predicted octanol–water partition coefficient (Wildman–Crippen LogP) is 4.58. The van der Waals surface area contributed by atoms with Gasteiger partial charge in [0.05, 0.1) is 5.39 Å². The highest BCUT2D eigenvalue weighted by molar-refractivity contribution is 7.17. The fraction of sp³-hybridized carbons (Fsp3) is 0.174. The molecule has 0 spiro atoms. The van der Waals surface area contributed by atoms with Gasteiger partial charge in [0, 0.05) is 30.3 Å². The van der Waals surface area contributed by atoms with Crippen LogP contribution in [0.5, 0.6) is 0 Å². The number of benzene rings is 2. The molecule has 0 saturated heterocycles. The lowest BCUT2D eigenvalue weighted by atomic mass is 10.1. The zero-order valence-corrected chi connectivity index (χ0v) is 16.6. The van der Waals surface area contributed by atoms with E-state index in [1.54, 1.807) is 4.57 Å². The van der Waals surface area contributed by atoms with Crippen molar-refractivity contribution in [2.75, 3.05) is 0 Å². The van der Waals surface area contributed by atoms with Gasteiger partial charge in [0.25, 0.3) is 5.56 Å². The average molecular weight is 404 g/mol. The molecule has 0 aliphatic heterocycles. The monoisotopic (exact) mass is 404 g/mol. The van der Waals surface area contributed by atoms with Gasteiger partial charge in [-0.1, -0.05) is 60.7 Å². The Labute approximate surface area is 171 Å². The van der Waals surface area contributed by atoms with Gasteiger partial charge in [-0.2, -0.15) is 0 Å². The maximum Gasteiger partial charge on any atom is 0.303 e. The van der Waals surface area contributed by atoms with E-state index in [0.29, 0.717) is 35.4 Å². The fourth-order valence-electron chi connectivity index (χ4n) is 3.43. The van der Waals surface area contributed by atoms with Crippen LogP contribution >= 0.6 is 11.3 Å². The quantitative estimate of drug-likeness (QED) is 0.489. The van der Waals surface area contributed by atoms with E-state index in [4.69, 9.17) is 10.1 Å². The molecule has 2 aromatic carbocycles. The van der Waals surface area contributed by atoms with E-state index in [1.807, 2.05) is 66.0 Å². The first-order valence-corrected chi connectivity index (χ1v) is 10.3. The number of carboxylic acids is 1. The third-order valence-electron chi connectivity index (χ3n) is 4.84. The molecular formula is C23H20N2O3S. The van der Waals surface area contributed by atoms with Crippen molar-refractivity contribution in [3.05, 3.63) is 87.8 Å². The lowest BCUT2D eigenvalue weighted by molar-refractivity contribution is -0.137. The molecule has 0 bridgehead atoms. The summed E-state index contributed by atoms with van der Waals surface area (Å²) in [5.41, 5.74) is 2.81.